The Morgan fingerprint density at radius 1 is 0.970 bits per heavy atom. The van der Waals surface area contributed by atoms with Gasteiger partial charge in [0.25, 0.3) is 5.91 Å². The van der Waals surface area contributed by atoms with Crippen molar-refractivity contribution in [1.29, 1.82) is 0 Å². The Bertz CT molecular complexity index is 1230. The molecular weight excluding hydrogens is 414 g/mol. The van der Waals surface area contributed by atoms with E-state index in [2.05, 4.69) is 29.8 Å². The fraction of sp³-hybridized carbons (Fsp3) is 0.259. The van der Waals surface area contributed by atoms with Crippen LogP contribution in [0.2, 0.25) is 0 Å². The minimum absolute atomic E-state index is 0.0513. The van der Waals surface area contributed by atoms with E-state index in [1.807, 2.05) is 73.7 Å². The molecule has 6 nitrogen and oxygen atoms in total. The van der Waals surface area contributed by atoms with Crippen molar-refractivity contribution >= 4 is 16.9 Å². The Kier molecular flexibility index (Phi) is 6.93. The summed E-state index contributed by atoms with van der Waals surface area (Å²) in [5.74, 6) is 2.14. The molecule has 4 rings (SSSR count). The van der Waals surface area contributed by atoms with Crippen LogP contribution in [0.1, 0.15) is 29.9 Å². The summed E-state index contributed by atoms with van der Waals surface area (Å²) in [4.78, 5) is 17.3. The van der Waals surface area contributed by atoms with E-state index in [1.54, 1.807) is 0 Å². The largest absolute Gasteiger partial charge is 0.491 e. The Labute approximate surface area is 194 Å². The van der Waals surface area contributed by atoms with E-state index in [1.165, 1.54) is 5.56 Å². The summed E-state index contributed by atoms with van der Waals surface area (Å²) >= 11 is 0. The van der Waals surface area contributed by atoms with E-state index in [9.17, 15) is 4.79 Å². The number of carbonyl (C=O) groups excluding carboxylic acids is 1. The van der Waals surface area contributed by atoms with Crippen molar-refractivity contribution in [2.24, 2.45) is 0 Å². The maximum atomic E-state index is 12.5. The van der Waals surface area contributed by atoms with Gasteiger partial charge in [-0.25, -0.2) is 4.98 Å². The third-order valence-corrected chi connectivity index (χ3v) is 5.69. The minimum Gasteiger partial charge on any atom is -0.491 e. The van der Waals surface area contributed by atoms with Gasteiger partial charge >= 0.3 is 0 Å². The van der Waals surface area contributed by atoms with Gasteiger partial charge in [-0.15, -0.1) is 0 Å². The molecule has 0 aliphatic rings. The molecule has 33 heavy (non-hydrogen) atoms. The summed E-state index contributed by atoms with van der Waals surface area (Å²) in [5, 5.41) is 3.00. The molecule has 1 heterocycles. The lowest BCUT2D eigenvalue weighted by Crippen LogP contribution is -2.33. The first-order chi connectivity index (χ1) is 16.0. The molecule has 1 amide bonds. The normalized spacial score (nSPS) is 11.8. The number of amides is 1. The summed E-state index contributed by atoms with van der Waals surface area (Å²) in [5.41, 5.74) is 4.25. The van der Waals surface area contributed by atoms with Crippen molar-refractivity contribution in [3.8, 4) is 11.5 Å². The molecule has 3 aromatic carbocycles. The van der Waals surface area contributed by atoms with Gasteiger partial charge in [0.15, 0.2) is 6.61 Å². The number of ether oxygens (including phenoxy) is 2. The van der Waals surface area contributed by atoms with E-state index in [4.69, 9.17) is 14.5 Å². The molecule has 4 aromatic rings. The molecule has 0 saturated heterocycles. The van der Waals surface area contributed by atoms with Crippen LogP contribution in [-0.4, -0.2) is 28.7 Å². The zero-order chi connectivity index (χ0) is 23.2. The number of hydrogen-bond acceptors (Lipinski definition) is 4. The van der Waals surface area contributed by atoms with Gasteiger partial charge in [-0.1, -0.05) is 42.5 Å². The molecule has 1 unspecified atom stereocenters. The van der Waals surface area contributed by atoms with Gasteiger partial charge in [-0.3, -0.25) is 4.79 Å². The summed E-state index contributed by atoms with van der Waals surface area (Å²) in [6.45, 7) is 7.14. The van der Waals surface area contributed by atoms with E-state index < -0.39 is 0 Å². The van der Waals surface area contributed by atoms with Crippen molar-refractivity contribution < 1.29 is 14.3 Å². The van der Waals surface area contributed by atoms with Crippen molar-refractivity contribution in [2.75, 3.05) is 13.2 Å². The minimum atomic E-state index is -0.287. The molecule has 170 valence electrons. The smallest absolute Gasteiger partial charge is 0.258 e. The van der Waals surface area contributed by atoms with Gasteiger partial charge < -0.3 is 19.4 Å². The topological polar surface area (TPSA) is 65.4 Å². The second-order valence-electron chi connectivity index (χ2n) is 8.05. The average molecular weight is 444 g/mol. The fourth-order valence-corrected chi connectivity index (χ4v) is 3.80. The summed E-state index contributed by atoms with van der Waals surface area (Å²) in [6, 6.07) is 23.1. The van der Waals surface area contributed by atoms with Crippen LogP contribution >= 0.6 is 0 Å². The Morgan fingerprint density at radius 3 is 2.55 bits per heavy atom. The summed E-state index contributed by atoms with van der Waals surface area (Å²) in [6.07, 6.45) is 0. The molecule has 0 spiro atoms. The first kappa shape index (κ1) is 22.4. The molecule has 0 aliphatic carbocycles. The van der Waals surface area contributed by atoms with Gasteiger partial charge in [0.05, 0.1) is 23.6 Å². The van der Waals surface area contributed by atoms with Gasteiger partial charge in [0.1, 0.15) is 23.9 Å². The quantitative estimate of drug-likeness (QED) is 0.396. The predicted octanol–water partition coefficient (Wildman–Crippen LogP) is 4.99. The Morgan fingerprint density at radius 2 is 1.73 bits per heavy atom. The van der Waals surface area contributed by atoms with Crippen molar-refractivity contribution in [3.05, 3.63) is 89.7 Å². The van der Waals surface area contributed by atoms with Crippen LogP contribution in [0.4, 0.5) is 0 Å². The monoisotopic (exact) mass is 443 g/mol. The first-order valence-corrected chi connectivity index (χ1v) is 11.1. The SMILES string of the molecule is Cc1cccc(OCCn2c(C(C)NC(=O)COc3ccccc3)nc3ccccc32)c1C. The molecule has 0 saturated carbocycles. The predicted molar refractivity (Wildman–Crippen MR) is 130 cm³/mol. The zero-order valence-electron chi connectivity index (χ0n) is 19.2. The lowest BCUT2D eigenvalue weighted by molar-refractivity contribution is -0.123. The van der Waals surface area contributed by atoms with E-state index in [0.29, 0.717) is 18.9 Å². The highest BCUT2D eigenvalue weighted by molar-refractivity contribution is 5.79. The molecular formula is C27H29N3O3. The first-order valence-electron chi connectivity index (χ1n) is 11.1. The second-order valence-corrected chi connectivity index (χ2v) is 8.05. The molecule has 1 aromatic heterocycles. The number of para-hydroxylation sites is 3. The van der Waals surface area contributed by atoms with Crippen LogP contribution in [-0.2, 0) is 11.3 Å². The average Bonchev–Trinajstić information content (AvgIpc) is 3.20. The summed E-state index contributed by atoms with van der Waals surface area (Å²) in [7, 11) is 0. The number of nitrogens with one attached hydrogen (secondary N) is 1. The molecule has 6 heteroatoms. The van der Waals surface area contributed by atoms with Crippen LogP contribution in [0.25, 0.3) is 11.0 Å². The number of rotatable bonds is 9. The third-order valence-electron chi connectivity index (χ3n) is 5.69. The molecule has 0 radical (unpaired) electrons. The molecule has 0 fully saturated rings. The van der Waals surface area contributed by atoms with E-state index >= 15 is 0 Å². The Balaban J connectivity index is 1.45. The molecule has 1 N–H and O–H groups in total. The van der Waals surface area contributed by atoms with Gasteiger partial charge in [0.2, 0.25) is 0 Å². The van der Waals surface area contributed by atoms with Crippen LogP contribution in [0.15, 0.2) is 72.8 Å². The number of nitrogens with zero attached hydrogens (tertiary/aromatic N) is 2. The van der Waals surface area contributed by atoms with Gasteiger partial charge in [0, 0.05) is 0 Å². The second kappa shape index (κ2) is 10.2. The number of aromatic nitrogens is 2. The number of carbonyl (C=O) groups is 1. The lowest BCUT2D eigenvalue weighted by Gasteiger charge is -2.17. The van der Waals surface area contributed by atoms with Crippen LogP contribution in [0.5, 0.6) is 11.5 Å². The zero-order valence-corrected chi connectivity index (χ0v) is 19.2. The highest BCUT2D eigenvalue weighted by Gasteiger charge is 2.19. The molecule has 0 bridgehead atoms. The highest BCUT2D eigenvalue weighted by atomic mass is 16.5. The number of imidazole rings is 1. The number of fused-ring (bicyclic) bond motifs is 1. The van der Waals surface area contributed by atoms with Crippen molar-refractivity contribution in [3.63, 3.8) is 0 Å². The fourth-order valence-electron chi connectivity index (χ4n) is 3.80. The van der Waals surface area contributed by atoms with Crippen LogP contribution in [0, 0.1) is 13.8 Å². The molecule has 1 atom stereocenters. The van der Waals surface area contributed by atoms with E-state index in [-0.39, 0.29) is 18.6 Å². The van der Waals surface area contributed by atoms with Crippen LogP contribution < -0.4 is 14.8 Å². The van der Waals surface area contributed by atoms with Crippen LogP contribution in [0.3, 0.4) is 0 Å². The standard InChI is InChI=1S/C27H29N3O3/c1-19-10-9-15-25(20(19)2)32-17-16-30-24-14-8-7-13-23(24)29-27(30)21(3)28-26(31)18-33-22-11-5-4-6-12-22/h4-15,21H,16-18H2,1-3H3,(H,28,31). The van der Waals surface area contributed by atoms with Gasteiger partial charge in [-0.05, 0) is 62.2 Å². The van der Waals surface area contributed by atoms with Crippen molar-refractivity contribution in [1.82, 2.24) is 14.9 Å². The third kappa shape index (κ3) is 5.34. The maximum Gasteiger partial charge on any atom is 0.258 e. The molecule has 0 aliphatic heterocycles. The highest BCUT2D eigenvalue weighted by Crippen LogP contribution is 2.23. The van der Waals surface area contributed by atoms with Crippen molar-refractivity contribution in [2.45, 2.75) is 33.4 Å². The number of benzene rings is 3. The lowest BCUT2D eigenvalue weighted by atomic mass is 10.1. The Hall–Kier alpha value is -3.80. The summed E-state index contributed by atoms with van der Waals surface area (Å²) < 4.78 is 13.8. The number of hydrogen-bond donors (Lipinski definition) is 1. The maximum absolute atomic E-state index is 12.5. The van der Waals surface area contributed by atoms with E-state index in [0.717, 1.165) is 28.2 Å². The van der Waals surface area contributed by atoms with Gasteiger partial charge in [-0.2, -0.15) is 0 Å². The number of aryl methyl sites for hydroxylation is 1.